The lowest BCUT2D eigenvalue weighted by molar-refractivity contribution is -0.384. The van der Waals surface area contributed by atoms with E-state index in [9.17, 15) is 39.8 Å². The van der Waals surface area contributed by atoms with Gasteiger partial charge in [0.15, 0.2) is 6.29 Å². The monoisotopic (exact) mass is 752 g/mol. The largest absolute Gasteiger partial charge is 0.461 e. The number of methoxy groups -OCH3 is 1. The Labute approximate surface area is 312 Å². The number of ether oxygens (including phenoxy) is 5. The molecule has 2 heterocycles. The Hall–Kier alpha value is -3.05. The Bertz CT molecular complexity index is 1420. The predicted molar refractivity (Wildman–Crippen MR) is 192 cm³/mol. The fourth-order valence-corrected chi connectivity index (χ4v) is 7.88. The molecule has 0 unspecified atom stereocenters. The van der Waals surface area contributed by atoms with Crippen molar-refractivity contribution in [1.82, 2.24) is 4.90 Å². The van der Waals surface area contributed by atoms with E-state index in [-0.39, 0.29) is 42.9 Å². The van der Waals surface area contributed by atoms with E-state index in [1.165, 1.54) is 52.1 Å². The molecule has 1 aromatic rings. The molecular weight excluding hydrogens is 692 g/mol. The molecule has 300 valence electrons. The third-order valence-corrected chi connectivity index (χ3v) is 11.2. The number of nitro benzene ring substituents is 1. The lowest BCUT2D eigenvalue weighted by Crippen LogP contribution is -2.60. The number of cyclic esters (lactones) is 1. The molecule has 0 radical (unpaired) electrons. The smallest absolute Gasteiger partial charge is 0.312 e. The zero-order valence-corrected chi connectivity index (χ0v) is 32.9. The number of Topliss-reactive ketones (excluding diaryl/α,β-unsaturated/α-hetero) is 1. The van der Waals surface area contributed by atoms with Crippen LogP contribution < -0.4 is 0 Å². The highest BCUT2D eigenvalue weighted by molar-refractivity contribution is 5.83. The maximum atomic E-state index is 14.0. The van der Waals surface area contributed by atoms with Crippen molar-refractivity contribution in [3.05, 3.63) is 39.9 Å². The molecule has 3 rings (SSSR count). The van der Waals surface area contributed by atoms with Gasteiger partial charge in [0.2, 0.25) is 0 Å². The van der Waals surface area contributed by atoms with Crippen molar-refractivity contribution in [3.63, 3.8) is 0 Å². The number of carbonyl (C=O) groups excluding carboxylic acids is 3. The first-order valence-electron chi connectivity index (χ1n) is 18.4. The number of hydrogen-bond donors (Lipinski definition) is 3. The van der Waals surface area contributed by atoms with Gasteiger partial charge >= 0.3 is 11.9 Å². The van der Waals surface area contributed by atoms with Gasteiger partial charge in [0.1, 0.15) is 29.7 Å². The number of ketones is 1. The summed E-state index contributed by atoms with van der Waals surface area (Å²) >= 11 is 0. The van der Waals surface area contributed by atoms with E-state index >= 15 is 0 Å². The van der Waals surface area contributed by atoms with Crippen molar-refractivity contribution in [2.75, 3.05) is 21.2 Å². The number of hydrogen-bond acceptors (Lipinski definition) is 14. The molecule has 0 aliphatic carbocycles. The second-order valence-electron chi connectivity index (χ2n) is 15.6. The summed E-state index contributed by atoms with van der Waals surface area (Å²) in [7, 11) is 5.11. The predicted octanol–water partition coefficient (Wildman–Crippen LogP) is 3.22. The summed E-state index contributed by atoms with van der Waals surface area (Å²) in [4.78, 5) is 54.0. The maximum absolute atomic E-state index is 14.0. The average molecular weight is 753 g/mol. The quantitative estimate of drug-likeness (QED) is 0.188. The van der Waals surface area contributed by atoms with Crippen LogP contribution in [0, 0.1) is 33.8 Å². The molecule has 3 N–H and O–H groups in total. The van der Waals surface area contributed by atoms with Crippen LogP contribution in [-0.2, 0) is 44.5 Å². The van der Waals surface area contributed by atoms with Gasteiger partial charge in [-0.1, -0.05) is 39.8 Å². The zero-order chi connectivity index (χ0) is 40.2. The van der Waals surface area contributed by atoms with Crippen LogP contribution in [0.3, 0.4) is 0 Å². The van der Waals surface area contributed by atoms with Crippen molar-refractivity contribution < 1.29 is 58.3 Å². The maximum Gasteiger partial charge on any atom is 0.312 e. The van der Waals surface area contributed by atoms with Gasteiger partial charge in [-0.2, -0.15) is 0 Å². The molecular formula is C38H60N2O13. The number of nitrogens with zero attached hydrogens (tertiary/aromatic N) is 2. The molecule has 2 aliphatic rings. The van der Waals surface area contributed by atoms with E-state index in [0.29, 0.717) is 12.0 Å². The van der Waals surface area contributed by atoms with Crippen molar-refractivity contribution in [1.29, 1.82) is 0 Å². The first-order chi connectivity index (χ1) is 24.6. The van der Waals surface area contributed by atoms with Crippen LogP contribution in [0.5, 0.6) is 0 Å². The van der Waals surface area contributed by atoms with Crippen molar-refractivity contribution in [3.8, 4) is 0 Å². The molecule has 0 bridgehead atoms. The minimum absolute atomic E-state index is 0.0332. The van der Waals surface area contributed by atoms with E-state index in [4.69, 9.17) is 23.7 Å². The molecule has 53 heavy (non-hydrogen) atoms. The van der Waals surface area contributed by atoms with Gasteiger partial charge in [0.25, 0.3) is 5.69 Å². The first kappa shape index (κ1) is 44.3. The van der Waals surface area contributed by atoms with Crippen LogP contribution in [0.25, 0.3) is 0 Å². The number of esters is 2. The van der Waals surface area contributed by atoms with Gasteiger partial charge in [-0.3, -0.25) is 24.5 Å². The van der Waals surface area contributed by atoms with Crippen LogP contribution in [-0.4, -0.2) is 124 Å². The minimum Gasteiger partial charge on any atom is -0.461 e. The number of likely N-dealkylation sites (N-methyl/N-ethyl adjacent to an activating group) is 1. The van der Waals surface area contributed by atoms with E-state index in [1.807, 2.05) is 25.9 Å². The highest BCUT2D eigenvalue weighted by Gasteiger charge is 2.53. The summed E-state index contributed by atoms with van der Waals surface area (Å²) in [5, 5.41) is 45.6. The van der Waals surface area contributed by atoms with Crippen molar-refractivity contribution >= 4 is 23.4 Å². The Morgan fingerprint density at radius 2 is 1.66 bits per heavy atom. The molecule has 15 heteroatoms. The van der Waals surface area contributed by atoms with Crippen molar-refractivity contribution in [2.45, 2.75) is 141 Å². The number of rotatable bonds is 9. The van der Waals surface area contributed by atoms with Gasteiger partial charge in [-0.25, -0.2) is 0 Å². The molecule has 15 nitrogen and oxygen atoms in total. The van der Waals surface area contributed by atoms with E-state index < -0.39 is 88.5 Å². The Morgan fingerprint density at radius 3 is 2.19 bits per heavy atom. The Balaban J connectivity index is 2.18. The second kappa shape index (κ2) is 18.1. The standard InChI is InChI=1S/C38H60N2O13/c1-12-28-38(8,46)33(44)22(4)30(42)20(2)19-37(7,49-11)34(53-36-31(43)27(39(9)10)17-21(3)50-36)23(5)32(24(6)35(45)51-28)52-29(41)18-25-13-15-26(16-14-25)40(47)48/h13-16,20-24,27-28,31-34,36,43-44,46H,12,17-19H2,1-11H3/t20-,21-,22-,23+,24-,27+,28+,31-,32-,33-,34-,36+,37+,38-/m1/s1. The molecule has 0 spiro atoms. The zero-order valence-electron chi connectivity index (χ0n) is 32.9. The number of aliphatic hydroxyl groups excluding tert-OH is 2. The lowest BCUT2D eigenvalue weighted by Gasteiger charge is -2.48. The third-order valence-electron chi connectivity index (χ3n) is 11.2. The molecule has 2 saturated heterocycles. The molecule has 2 aliphatic heterocycles. The molecule has 0 amide bonds. The average Bonchev–Trinajstić information content (AvgIpc) is 3.10. The lowest BCUT2D eigenvalue weighted by atomic mass is 9.74. The number of carbonyl (C=O) groups is 3. The normalized spacial score (nSPS) is 39.2. The van der Waals surface area contributed by atoms with Gasteiger partial charge in [0, 0.05) is 43.0 Å². The fourth-order valence-electron chi connectivity index (χ4n) is 7.88. The van der Waals surface area contributed by atoms with E-state index in [0.717, 1.165) is 0 Å². The van der Waals surface area contributed by atoms with Crippen LogP contribution in [0.4, 0.5) is 5.69 Å². The van der Waals surface area contributed by atoms with E-state index in [2.05, 4.69) is 0 Å². The SMILES string of the molecule is CC[C@@H]1OC(=O)[C@H](C)[C@H](OC(=O)Cc2ccc([N+](=O)[O-])cc2)[C@H](C)[C@@H](O[C@@H]2O[C@H](C)C[C@H](N(C)C)[C@H]2O)[C@@](C)(OC)C[C@@H](C)C(=O)[C@@H](C)[C@@H](O)[C@]1(C)O. The number of non-ortho nitro benzene ring substituents is 1. The number of benzene rings is 1. The first-order valence-corrected chi connectivity index (χ1v) is 18.4. The summed E-state index contributed by atoms with van der Waals surface area (Å²) in [6, 6.07) is 5.08. The summed E-state index contributed by atoms with van der Waals surface area (Å²) in [6.07, 6.45) is -7.46. The van der Waals surface area contributed by atoms with Crippen molar-refractivity contribution in [2.24, 2.45) is 23.7 Å². The van der Waals surface area contributed by atoms with Gasteiger partial charge in [-0.15, -0.1) is 0 Å². The third kappa shape index (κ3) is 10.2. The van der Waals surface area contributed by atoms with Gasteiger partial charge in [0.05, 0.1) is 41.2 Å². The van der Waals surface area contributed by atoms with Crippen LogP contribution in [0.15, 0.2) is 24.3 Å². The molecule has 0 saturated carbocycles. The van der Waals surface area contributed by atoms with Crippen LogP contribution in [0.1, 0.15) is 80.2 Å². The van der Waals surface area contributed by atoms with Gasteiger partial charge in [-0.05, 0) is 66.6 Å². The summed E-state index contributed by atoms with van der Waals surface area (Å²) in [5.41, 5.74) is -3.09. The molecule has 2 fully saturated rings. The topological polar surface area (TPSA) is 204 Å². The molecule has 1 aromatic carbocycles. The Kier molecular flexibility index (Phi) is 15.1. The number of aliphatic hydroxyl groups is 3. The van der Waals surface area contributed by atoms with E-state index in [1.54, 1.807) is 27.7 Å². The Morgan fingerprint density at radius 1 is 1.06 bits per heavy atom. The minimum atomic E-state index is -2.03. The summed E-state index contributed by atoms with van der Waals surface area (Å²) < 4.78 is 30.9. The fraction of sp³-hybridized carbons (Fsp3) is 0.763. The molecule has 0 aromatic heterocycles. The molecule has 14 atom stereocenters. The summed E-state index contributed by atoms with van der Waals surface area (Å²) in [6.45, 7) is 13.0. The highest BCUT2D eigenvalue weighted by atomic mass is 16.7. The second-order valence-corrected chi connectivity index (χ2v) is 15.6. The summed E-state index contributed by atoms with van der Waals surface area (Å²) in [5.74, 6) is -5.86. The highest BCUT2D eigenvalue weighted by Crippen LogP contribution is 2.40. The van der Waals surface area contributed by atoms with Crippen LogP contribution >= 0.6 is 0 Å². The van der Waals surface area contributed by atoms with Gasteiger partial charge < -0.3 is 43.9 Å². The number of nitro groups is 1. The van der Waals surface area contributed by atoms with Crippen LogP contribution in [0.2, 0.25) is 0 Å².